The molecule has 0 saturated carbocycles. The molecule has 0 bridgehead atoms. The minimum absolute atomic E-state index is 0.0734. The van der Waals surface area contributed by atoms with Crippen LogP contribution < -0.4 is 20.5 Å². The molecule has 1 heterocycles. The summed E-state index contributed by atoms with van der Waals surface area (Å²) < 4.78 is 12.9. The van der Waals surface area contributed by atoms with Crippen molar-refractivity contribution in [3.8, 4) is 22.9 Å². The molecule has 0 aliphatic heterocycles. The second-order valence-electron chi connectivity index (χ2n) is 7.35. The summed E-state index contributed by atoms with van der Waals surface area (Å²) >= 11 is 6.35. The van der Waals surface area contributed by atoms with Crippen LogP contribution in [0.2, 0.25) is 5.02 Å². The van der Waals surface area contributed by atoms with Gasteiger partial charge in [-0.2, -0.15) is 14.9 Å². The Morgan fingerprint density at radius 3 is 2.53 bits per heavy atom. The maximum atomic E-state index is 12.8. The highest BCUT2D eigenvalue weighted by Gasteiger charge is 2.15. The van der Waals surface area contributed by atoms with Gasteiger partial charge in [0.15, 0.2) is 22.3 Å². The molecule has 4 rings (SSSR count). The number of rotatable bonds is 8. The number of anilines is 1. The number of hydrogen-bond donors (Lipinski definition) is 1. The predicted molar refractivity (Wildman–Crippen MR) is 135 cm³/mol. The summed E-state index contributed by atoms with van der Waals surface area (Å²) in [5, 5.41) is 8.40. The molecule has 0 amide bonds. The first-order chi connectivity index (χ1) is 16.5. The molecule has 0 fully saturated rings. The highest BCUT2D eigenvalue weighted by Crippen LogP contribution is 2.34. The SMILES string of the molecule is CCOc1cc(C=NNc2ccccc2)ccc1Oc1cnn(-c2ccc(C)cc2)c(=O)c1Cl. The summed E-state index contributed by atoms with van der Waals surface area (Å²) in [5.74, 6) is 1.04. The second-order valence-corrected chi connectivity index (χ2v) is 7.73. The van der Waals surface area contributed by atoms with Crippen LogP contribution in [0.3, 0.4) is 0 Å². The Morgan fingerprint density at radius 2 is 1.79 bits per heavy atom. The number of hydrogen-bond acceptors (Lipinski definition) is 6. The van der Waals surface area contributed by atoms with E-state index in [1.165, 1.54) is 10.9 Å². The van der Waals surface area contributed by atoms with Crippen molar-refractivity contribution < 1.29 is 9.47 Å². The van der Waals surface area contributed by atoms with E-state index in [1.807, 2.05) is 62.4 Å². The number of benzene rings is 3. The third-order valence-corrected chi connectivity index (χ3v) is 5.18. The van der Waals surface area contributed by atoms with Crippen LogP contribution in [0, 0.1) is 6.92 Å². The molecule has 172 valence electrons. The first kappa shape index (κ1) is 23.1. The smallest absolute Gasteiger partial charge is 0.294 e. The number of nitrogens with one attached hydrogen (secondary N) is 1. The number of halogens is 1. The van der Waals surface area contributed by atoms with E-state index in [0.29, 0.717) is 23.8 Å². The summed E-state index contributed by atoms with van der Waals surface area (Å²) in [4.78, 5) is 12.8. The van der Waals surface area contributed by atoms with Crippen LogP contribution >= 0.6 is 11.6 Å². The van der Waals surface area contributed by atoms with Crippen molar-refractivity contribution in [1.29, 1.82) is 0 Å². The number of ether oxygens (including phenoxy) is 2. The first-order valence-electron chi connectivity index (χ1n) is 10.7. The van der Waals surface area contributed by atoms with Gasteiger partial charge in [-0.05, 0) is 61.9 Å². The Bertz CT molecular complexity index is 1350. The Hall–Kier alpha value is -4.10. The zero-order valence-electron chi connectivity index (χ0n) is 18.7. The standard InChI is InChI=1S/C26H23ClN4O3/c1-3-33-23-15-19(16-28-30-20-7-5-4-6-8-20)11-14-22(23)34-24-17-29-31(26(32)25(24)27)21-12-9-18(2)10-13-21/h4-17,30H,3H2,1-2H3. The summed E-state index contributed by atoms with van der Waals surface area (Å²) in [6.07, 6.45) is 3.09. The Kier molecular flexibility index (Phi) is 7.25. The molecular formula is C26H23ClN4O3. The largest absolute Gasteiger partial charge is 0.490 e. The van der Waals surface area contributed by atoms with Gasteiger partial charge in [0.1, 0.15) is 0 Å². The van der Waals surface area contributed by atoms with E-state index in [0.717, 1.165) is 16.8 Å². The highest BCUT2D eigenvalue weighted by molar-refractivity contribution is 6.31. The Balaban J connectivity index is 1.56. The zero-order valence-corrected chi connectivity index (χ0v) is 19.5. The fourth-order valence-electron chi connectivity index (χ4n) is 3.13. The summed E-state index contributed by atoms with van der Waals surface area (Å²) in [7, 11) is 0. The fourth-order valence-corrected chi connectivity index (χ4v) is 3.30. The lowest BCUT2D eigenvalue weighted by molar-refractivity contribution is 0.321. The van der Waals surface area contributed by atoms with Gasteiger partial charge in [0.25, 0.3) is 5.56 Å². The molecule has 0 aliphatic carbocycles. The molecule has 0 spiro atoms. The molecule has 4 aromatic rings. The average molecular weight is 475 g/mol. The summed E-state index contributed by atoms with van der Waals surface area (Å²) in [5.41, 5.74) is 5.88. The molecule has 0 saturated heterocycles. The van der Waals surface area contributed by atoms with Crippen molar-refractivity contribution in [1.82, 2.24) is 9.78 Å². The molecule has 3 aromatic carbocycles. The molecule has 1 aromatic heterocycles. The monoisotopic (exact) mass is 474 g/mol. The molecule has 0 atom stereocenters. The average Bonchev–Trinajstić information content (AvgIpc) is 2.85. The van der Waals surface area contributed by atoms with Gasteiger partial charge in [-0.15, -0.1) is 0 Å². The van der Waals surface area contributed by atoms with Crippen LogP contribution in [-0.2, 0) is 0 Å². The maximum absolute atomic E-state index is 12.8. The van der Waals surface area contributed by atoms with E-state index < -0.39 is 5.56 Å². The van der Waals surface area contributed by atoms with Crippen molar-refractivity contribution in [2.45, 2.75) is 13.8 Å². The molecule has 7 nitrogen and oxygen atoms in total. The van der Waals surface area contributed by atoms with Gasteiger partial charge in [0, 0.05) is 0 Å². The number of para-hydroxylation sites is 1. The maximum Gasteiger partial charge on any atom is 0.294 e. The molecule has 0 unspecified atom stereocenters. The number of aryl methyl sites for hydroxylation is 1. The van der Waals surface area contributed by atoms with Gasteiger partial charge in [-0.3, -0.25) is 10.2 Å². The van der Waals surface area contributed by atoms with Gasteiger partial charge >= 0.3 is 0 Å². The van der Waals surface area contributed by atoms with Crippen LogP contribution in [-0.4, -0.2) is 22.6 Å². The highest BCUT2D eigenvalue weighted by atomic mass is 35.5. The van der Waals surface area contributed by atoms with Gasteiger partial charge < -0.3 is 9.47 Å². The van der Waals surface area contributed by atoms with E-state index in [1.54, 1.807) is 30.5 Å². The van der Waals surface area contributed by atoms with Crippen molar-refractivity contribution in [2.24, 2.45) is 5.10 Å². The Morgan fingerprint density at radius 1 is 1.03 bits per heavy atom. The molecular weight excluding hydrogens is 452 g/mol. The van der Waals surface area contributed by atoms with Gasteiger partial charge in [0.05, 0.1) is 30.4 Å². The molecule has 0 aliphatic rings. The molecule has 8 heteroatoms. The number of nitrogens with zero attached hydrogens (tertiary/aromatic N) is 3. The van der Waals surface area contributed by atoms with Crippen LogP contribution in [0.1, 0.15) is 18.1 Å². The van der Waals surface area contributed by atoms with Crippen LogP contribution in [0.4, 0.5) is 5.69 Å². The van der Waals surface area contributed by atoms with Crippen LogP contribution in [0.15, 0.2) is 88.9 Å². The van der Waals surface area contributed by atoms with Crippen molar-refractivity contribution in [3.05, 3.63) is 105 Å². The molecule has 34 heavy (non-hydrogen) atoms. The van der Waals surface area contributed by atoms with Crippen molar-refractivity contribution in [2.75, 3.05) is 12.0 Å². The van der Waals surface area contributed by atoms with Crippen LogP contribution in [0.5, 0.6) is 17.2 Å². The van der Waals surface area contributed by atoms with Crippen molar-refractivity contribution >= 4 is 23.5 Å². The minimum Gasteiger partial charge on any atom is -0.490 e. The van der Waals surface area contributed by atoms with Gasteiger partial charge in [-0.25, -0.2) is 0 Å². The van der Waals surface area contributed by atoms with Crippen LogP contribution in [0.25, 0.3) is 5.69 Å². The number of aromatic nitrogens is 2. The second kappa shape index (κ2) is 10.7. The quantitative estimate of drug-likeness (QED) is 0.257. The van der Waals surface area contributed by atoms with Gasteiger partial charge in [-0.1, -0.05) is 47.5 Å². The topological polar surface area (TPSA) is 77.7 Å². The summed E-state index contributed by atoms with van der Waals surface area (Å²) in [6.45, 7) is 4.27. The zero-order chi connectivity index (χ0) is 23.9. The van der Waals surface area contributed by atoms with E-state index in [4.69, 9.17) is 21.1 Å². The predicted octanol–water partition coefficient (Wildman–Crippen LogP) is 5.83. The lowest BCUT2D eigenvalue weighted by Crippen LogP contribution is -2.21. The normalized spacial score (nSPS) is 10.9. The third-order valence-electron chi connectivity index (χ3n) is 4.83. The third kappa shape index (κ3) is 5.44. The van der Waals surface area contributed by atoms with E-state index in [9.17, 15) is 4.79 Å². The van der Waals surface area contributed by atoms with E-state index in [2.05, 4.69) is 15.6 Å². The molecule has 0 radical (unpaired) electrons. The van der Waals surface area contributed by atoms with Gasteiger partial charge in [0.2, 0.25) is 0 Å². The number of hydrazone groups is 1. The Labute approximate surface area is 202 Å². The minimum atomic E-state index is -0.475. The lowest BCUT2D eigenvalue weighted by Gasteiger charge is -2.13. The molecule has 1 N–H and O–H groups in total. The van der Waals surface area contributed by atoms with E-state index >= 15 is 0 Å². The van der Waals surface area contributed by atoms with Crippen molar-refractivity contribution in [3.63, 3.8) is 0 Å². The lowest BCUT2D eigenvalue weighted by atomic mass is 10.2. The summed E-state index contributed by atoms with van der Waals surface area (Å²) in [6, 6.07) is 22.4. The fraction of sp³-hybridized carbons (Fsp3) is 0.115. The first-order valence-corrected chi connectivity index (χ1v) is 11.1. The van der Waals surface area contributed by atoms with E-state index in [-0.39, 0.29) is 10.8 Å².